The zero-order chi connectivity index (χ0) is 20.9. The molecule has 0 radical (unpaired) electrons. The first-order chi connectivity index (χ1) is 14.6. The summed E-state index contributed by atoms with van der Waals surface area (Å²) >= 11 is 6.21. The number of carbonyl (C=O) groups is 2. The highest BCUT2D eigenvalue weighted by Gasteiger charge is 2.29. The molecule has 2 aromatic carbocycles. The molecule has 1 atom stereocenters. The van der Waals surface area contributed by atoms with Crippen molar-refractivity contribution >= 4 is 23.4 Å². The molecular weight excluding hydrogens is 400 g/mol. The van der Waals surface area contributed by atoms with Crippen LogP contribution < -0.4 is 10.6 Å². The highest BCUT2D eigenvalue weighted by Crippen LogP contribution is 2.19. The van der Waals surface area contributed by atoms with Gasteiger partial charge in [-0.2, -0.15) is 5.10 Å². The maximum atomic E-state index is 12.8. The van der Waals surface area contributed by atoms with Crippen molar-refractivity contribution in [3.8, 4) is 0 Å². The Labute approximate surface area is 180 Å². The summed E-state index contributed by atoms with van der Waals surface area (Å²) in [5.74, 6) is -0.481. The molecule has 0 saturated heterocycles. The molecular formula is C23H23ClN4O2. The lowest BCUT2D eigenvalue weighted by molar-refractivity contribution is -0.123. The number of aromatic nitrogens is 2. The fraction of sp³-hybridized carbons (Fsp3) is 0.261. The molecule has 2 N–H and O–H groups in total. The van der Waals surface area contributed by atoms with Gasteiger partial charge in [-0.15, -0.1) is 0 Å². The van der Waals surface area contributed by atoms with Crippen LogP contribution >= 0.6 is 11.6 Å². The number of carbonyl (C=O) groups excluding carboxylic acids is 2. The molecule has 1 aliphatic carbocycles. The summed E-state index contributed by atoms with van der Waals surface area (Å²) in [6.07, 6.45) is 5.58. The Balaban J connectivity index is 1.44. The molecule has 3 aromatic rings. The van der Waals surface area contributed by atoms with E-state index < -0.39 is 6.04 Å². The van der Waals surface area contributed by atoms with E-state index >= 15 is 0 Å². The Morgan fingerprint density at radius 1 is 1.10 bits per heavy atom. The van der Waals surface area contributed by atoms with Crippen molar-refractivity contribution in [1.82, 2.24) is 20.4 Å². The van der Waals surface area contributed by atoms with Gasteiger partial charge in [0, 0.05) is 23.7 Å². The molecule has 0 bridgehead atoms. The zero-order valence-electron chi connectivity index (χ0n) is 16.4. The molecule has 1 heterocycles. The smallest absolute Gasteiger partial charge is 0.255 e. The largest absolute Gasteiger partial charge is 0.352 e. The van der Waals surface area contributed by atoms with Gasteiger partial charge in [0.1, 0.15) is 6.04 Å². The van der Waals surface area contributed by atoms with Crippen molar-refractivity contribution < 1.29 is 9.59 Å². The number of nitrogens with zero attached hydrogens (tertiary/aromatic N) is 2. The summed E-state index contributed by atoms with van der Waals surface area (Å²) in [4.78, 5) is 25.5. The lowest BCUT2D eigenvalue weighted by Gasteiger charge is -2.18. The van der Waals surface area contributed by atoms with Gasteiger partial charge in [0.2, 0.25) is 5.91 Å². The summed E-state index contributed by atoms with van der Waals surface area (Å²) in [6.45, 7) is 0.461. The highest BCUT2D eigenvalue weighted by atomic mass is 35.5. The van der Waals surface area contributed by atoms with E-state index in [4.69, 9.17) is 11.6 Å². The van der Waals surface area contributed by atoms with Gasteiger partial charge in [-0.25, -0.2) is 0 Å². The van der Waals surface area contributed by atoms with Crippen molar-refractivity contribution in [3.63, 3.8) is 0 Å². The predicted molar refractivity (Wildman–Crippen MR) is 115 cm³/mol. The van der Waals surface area contributed by atoms with Crippen LogP contribution in [0.3, 0.4) is 0 Å². The van der Waals surface area contributed by atoms with E-state index in [1.165, 1.54) is 6.20 Å². The number of amides is 2. The van der Waals surface area contributed by atoms with Crippen LogP contribution in [0.4, 0.5) is 0 Å². The van der Waals surface area contributed by atoms with Crippen LogP contribution in [0.2, 0.25) is 5.02 Å². The predicted octanol–water partition coefficient (Wildman–Crippen LogP) is 3.20. The van der Waals surface area contributed by atoms with Crippen molar-refractivity contribution in [2.75, 3.05) is 0 Å². The third-order valence-corrected chi connectivity index (χ3v) is 5.38. The standard InChI is InChI=1S/C23H23ClN4O2/c24-20-9-5-4-8-17(20)14-28-15-18(13-25-28)22(29)27-21(23(30)26-19-10-11-19)12-16-6-2-1-3-7-16/h1-9,13,15,19,21H,10-12,14H2,(H,26,30)(H,27,29). The van der Waals surface area contributed by atoms with E-state index in [9.17, 15) is 9.59 Å². The quantitative estimate of drug-likeness (QED) is 0.585. The van der Waals surface area contributed by atoms with Gasteiger partial charge in [0.15, 0.2) is 0 Å². The van der Waals surface area contributed by atoms with Crippen LogP contribution in [0.1, 0.15) is 34.3 Å². The topological polar surface area (TPSA) is 76.0 Å². The molecule has 1 aliphatic rings. The van der Waals surface area contributed by atoms with Gasteiger partial charge < -0.3 is 10.6 Å². The lowest BCUT2D eigenvalue weighted by Crippen LogP contribution is -2.48. The molecule has 4 rings (SSSR count). The molecule has 30 heavy (non-hydrogen) atoms. The van der Waals surface area contributed by atoms with Crippen LogP contribution in [-0.2, 0) is 17.8 Å². The Morgan fingerprint density at radius 2 is 1.83 bits per heavy atom. The van der Waals surface area contributed by atoms with E-state index in [2.05, 4.69) is 15.7 Å². The molecule has 1 unspecified atom stereocenters. The number of benzene rings is 2. The van der Waals surface area contributed by atoms with Gasteiger partial charge >= 0.3 is 0 Å². The van der Waals surface area contributed by atoms with Gasteiger partial charge in [-0.1, -0.05) is 60.1 Å². The van der Waals surface area contributed by atoms with Crippen LogP contribution in [0, 0.1) is 0 Å². The first kappa shape index (κ1) is 20.2. The number of nitrogens with one attached hydrogen (secondary N) is 2. The summed E-state index contributed by atoms with van der Waals surface area (Å²) in [7, 11) is 0. The van der Waals surface area contributed by atoms with Gasteiger partial charge in [0.05, 0.1) is 18.3 Å². The highest BCUT2D eigenvalue weighted by molar-refractivity contribution is 6.31. The maximum Gasteiger partial charge on any atom is 0.255 e. The summed E-state index contributed by atoms with van der Waals surface area (Å²) in [5.41, 5.74) is 2.31. The molecule has 6 nitrogen and oxygen atoms in total. The van der Waals surface area contributed by atoms with E-state index in [1.807, 2.05) is 54.6 Å². The molecule has 2 amide bonds. The second-order valence-corrected chi connectivity index (χ2v) is 7.92. The monoisotopic (exact) mass is 422 g/mol. The Hall–Kier alpha value is -3.12. The van der Waals surface area contributed by atoms with Crippen LogP contribution in [0.25, 0.3) is 0 Å². The van der Waals surface area contributed by atoms with E-state index in [0.29, 0.717) is 23.6 Å². The minimum Gasteiger partial charge on any atom is -0.352 e. The third kappa shape index (κ3) is 5.27. The van der Waals surface area contributed by atoms with Crippen LogP contribution in [0.15, 0.2) is 67.0 Å². The van der Waals surface area contributed by atoms with Crippen LogP contribution in [-0.4, -0.2) is 33.7 Å². The molecule has 1 fully saturated rings. The first-order valence-corrected chi connectivity index (χ1v) is 10.4. The fourth-order valence-electron chi connectivity index (χ4n) is 3.20. The normalized spacial score (nSPS) is 14.2. The second-order valence-electron chi connectivity index (χ2n) is 7.52. The molecule has 154 valence electrons. The van der Waals surface area contributed by atoms with E-state index in [-0.39, 0.29) is 17.9 Å². The SMILES string of the molecule is O=C(NC(Cc1ccccc1)C(=O)NC1CC1)c1cnn(Cc2ccccc2Cl)c1. The maximum absolute atomic E-state index is 12.8. The number of halogens is 1. The Kier molecular flexibility index (Phi) is 6.14. The van der Waals surface area contributed by atoms with Gasteiger partial charge in [-0.3, -0.25) is 14.3 Å². The van der Waals surface area contributed by atoms with E-state index in [1.54, 1.807) is 10.9 Å². The lowest BCUT2D eigenvalue weighted by atomic mass is 10.0. The Morgan fingerprint density at radius 3 is 2.57 bits per heavy atom. The van der Waals surface area contributed by atoms with Gasteiger partial charge in [-0.05, 0) is 30.0 Å². The van der Waals surface area contributed by atoms with Crippen LogP contribution in [0.5, 0.6) is 0 Å². The minimum absolute atomic E-state index is 0.154. The molecule has 7 heteroatoms. The van der Waals surface area contributed by atoms with Gasteiger partial charge in [0.25, 0.3) is 5.91 Å². The van der Waals surface area contributed by atoms with Crippen molar-refractivity contribution in [3.05, 3.63) is 88.7 Å². The number of hydrogen-bond acceptors (Lipinski definition) is 3. The van der Waals surface area contributed by atoms with Crippen molar-refractivity contribution in [1.29, 1.82) is 0 Å². The number of rotatable bonds is 8. The van der Waals surface area contributed by atoms with E-state index in [0.717, 1.165) is 24.0 Å². The zero-order valence-corrected chi connectivity index (χ0v) is 17.2. The fourth-order valence-corrected chi connectivity index (χ4v) is 3.39. The molecule has 0 aliphatic heterocycles. The average Bonchev–Trinajstić information content (AvgIpc) is 3.44. The van der Waals surface area contributed by atoms with Crippen molar-refractivity contribution in [2.45, 2.75) is 37.9 Å². The molecule has 0 spiro atoms. The minimum atomic E-state index is -0.646. The van der Waals surface area contributed by atoms with Crippen molar-refractivity contribution in [2.24, 2.45) is 0 Å². The third-order valence-electron chi connectivity index (χ3n) is 5.01. The average molecular weight is 423 g/mol. The second kappa shape index (κ2) is 9.13. The summed E-state index contributed by atoms with van der Waals surface area (Å²) in [6, 6.07) is 16.8. The first-order valence-electron chi connectivity index (χ1n) is 9.99. The summed E-state index contributed by atoms with van der Waals surface area (Å²) in [5, 5.41) is 10.8. The number of hydrogen-bond donors (Lipinski definition) is 2. The molecule has 1 aromatic heterocycles. The molecule has 1 saturated carbocycles. The Bertz CT molecular complexity index is 1030. The summed E-state index contributed by atoms with van der Waals surface area (Å²) < 4.78 is 1.66.